The third kappa shape index (κ3) is 27.0. The smallest absolute Gasteiger partial charge is 0.481 e. The van der Waals surface area contributed by atoms with Crippen molar-refractivity contribution in [2.24, 2.45) is 5.41 Å². The summed E-state index contributed by atoms with van der Waals surface area (Å²) < 4.78 is 0. The SMILES string of the molecule is CCCCCC/C=C\CCCCCCCC(=O)O.OCC(CO)(CO)CO.O[B]O. The Morgan fingerprint density at radius 2 is 1.10 bits per heavy atom. The van der Waals surface area contributed by atoms with Gasteiger partial charge in [-0.2, -0.15) is 0 Å². The maximum absolute atomic E-state index is 10.3. The molecule has 0 bridgehead atoms. The number of hydrogen-bond donors (Lipinski definition) is 7. The van der Waals surface area contributed by atoms with E-state index in [2.05, 4.69) is 19.1 Å². The lowest BCUT2D eigenvalue weighted by molar-refractivity contribution is -0.137. The fraction of sp³-hybridized carbons (Fsp3) is 0.857. The molecular formula is C21H44BO8. The Bertz CT molecular complexity index is 345. The fourth-order valence-corrected chi connectivity index (χ4v) is 2.29. The summed E-state index contributed by atoms with van der Waals surface area (Å²) in [4.78, 5) is 10.3. The molecule has 0 saturated heterocycles. The number of carboxylic acid groups (broad SMARTS) is 1. The molecule has 0 spiro atoms. The summed E-state index contributed by atoms with van der Waals surface area (Å²) in [5.41, 5.74) is -1.11. The van der Waals surface area contributed by atoms with Crippen LogP contribution in [0.1, 0.15) is 84.0 Å². The summed E-state index contributed by atoms with van der Waals surface area (Å²) in [5.74, 6) is -0.666. The van der Waals surface area contributed by atoms with Crippen molar-refractivity contribution >= 4 is 13.7 Å². The molecule has 8 nitrogen and oxygen atoms in total. The van der Waals surface area contributed by atoms with Crippen LogP contribution < -0.4 is 0 Å². The van der Waals surface area contributed by atoms with E-state index in [1.165, 1.54) is 57.8 Å². The van der Waals surface area contributed by atoms with Crippen LogP contribution in [0, 0.1) is 5.41 Å². The lowest BCUT2D eigenvalue weighted by Crippen LogP contribution is -2.37. The summed E-state index contributed by atoms with van der Waals surface area (Å²) in [6, 6.07) is 0. The van der Waals surface area contributed by atoms with Crippen molar-refractivity contribution in [3.63, 3.8) is 0 Å². The summed E-state index contributed by atoms with van der Waals surface area (Å²) in [6.07, 6.45) is 18.3. The Morgan fingerprint density at radius 3 is 1.43 bits per heavy atom. The highest BCUT2D eigenvalue weighted by atomic mass is 16.4. The molecule has 0 aliphatic rings. The number of carbonyl (C=O) groups is 1. The number of aliphatic carboxylic acids is 1. The van der Waals surface area contributed by atoms with Gasteiger partial charge in [0.05, 0.1) is 31.8 Å². The average molecular weight is 435 g/mol. The topological polar surface area (TPSA) is 159 Å². The van der Waals surface area contributed by atoms with E-state index in [1.54, 1.807) is 0 Å². The van der Waals surface area contributed by atoms with E-state index in [9.17, 15) is 4.79 Å². The summed E-state index contributed by atoms with van der Waals surface area (Å²) in [6.45, 7) is 0.617. The Kier molecular flexibility index (Phi) is 31.5. The Morgan fingerprint density at radius 1 is 0.733 bits per heavy atom. The molecule has 0 aliphatic carbocycles. The Labute approximate surface area is 182 Å². The van der Waals surface area contributed by atoms with Crippen LogP contribution in [0.5, 0.6) is 0 Å². The van der Waals surface area contributed by atoms with Gasteiger partial charge in [-0.15, -0.1) is 0 Å². The molecule has 9 heteroatoms. The summed E-state index contributed by atoms with van der Waals surface area (Å²) in [5, 5.41) is 56.5. The van der Waals surface area contributed by atoms with Gasteiger partial charge in [0, 0.05) is 6.42 Å². The van der Waals surface area contributed by atoms with Gasteiger partial charge in [-0.3, -0.25) is 4.79 Å². The first-order valence-electron chi connectivity index (χ1n) is 10.8. The van der Waals surface area contributed by atoms with Gasteiger partial charge in [0.25, 0.3) is 0 Å². The van der Waals surface area contributed by atoms with E-state index in [-0.39, 0.29) is 7.69 Å². The van der Waals surface area contributed by atoms with E-state index in [4.69, 9.17) is 35.6 Å². The maximum atomic E-state index is 10.3. The molecule has 0 aromatic rings. The minimum absolute atomic E-state index is 0. The number of hydrogen-bond acceptors (Lipinski definition) is 7. The second-order valence-electron chi connectivity index (χ2n) is 7.27. The Balaban J connectivity index is -0.000000505. The van der Waals surface area contributed by atoms with Crippen molar-refractivity contribution in [2.45, 2.75) is 84.0 Å². The largest absolute Gasteiger partial charge is 0.482 e. The van der Waals surface area contributed by atoms with Crippen molar-refractivity contribution < 1.29 is 40.4 Å². The highest BCUT2D eigenvalue weighted by Gasteiger charge is 2.26. The van der Waals surface area contributed by atoms with Gasteiger partial charge in [0.15, 0.2) is 0 Å². The van der Waals surface area contributed by atoms with E-state index in [0.29, 0.717) is 6.42 Å². The molecule has 1 radical (unpaired) electrons. The molecule has 0 rings (SSSR count). The van der Waals surface area contributed by atoms with Crippen LogP contribution in [0.25, 0.3) is 0 Å². The van der Waals surface area contributed by atoms with Gasteiger partial charge in [-0.05, 0) is 32.1 Å². The highest BCUT2D eigenvalue weighted by molar-refractivity contribution is 6.13. The monoisotopic (exact) mass is 435 g/mol. The highest BCUT2D eigenvalue weighted by Crippen LogP contribution is 2.12. The third-order valence-corrected chi connectivity index (χ3v) is 4.49. The van der Waals surface area contributed by atoms with E-state index in [0.717, 1.165) is 12.8 Å². The van der Waals surface area contributed by atoms with Crippen LogP contribution in [-0.2, 0) is 4.79 Å². The zero-order chi connectivity index (χ0) is 23.5. The average Bonchev–Trinajstić information content (AvgIpc) is 2.74. The quantitative estimate of drug-likeness (QED) is 0.103. The second-order valence-corrected chi connectivity index (χ2v) is 7.27. The van der Waals surface area contributed by atoms with Crippen molar-refractivity contribution in [1.82, 2.24) is 0 Å². The number of aliphatic hydroxyl groups excluding tert-OH is 4. The minimum Gasteiger partial charge on any atom is -0.481 e. The number of allylic oxidation sites excluding steroid dienone is 2. The molecule has 0 aliphatic heterocycles. The van der Waals surface area contributed by atoms with Crippen LogP contribution in [0.2, 0.25) is 0 Å². The molecule has 0 heterocycles. The molecule has 7 N–H and O–H groups in total. The number of rotatable bonds is 17. The van der Waals surface area contributed by atoms with Gasteiger partial charge in [-0.25, -0.2) is 0 Å². The lowest BCUT2D eigenvalue weighted by Gasteiger charge is -2.23. The molecule has 0 fully saturated rings. The van der Waals surface area contributed by atoms with Crippen molar-refractivity contribution in [3.05, 3.63) is 12.2 Å². The maximum Gasteiger partial charge on any atom is 0.482 e. The number of unbranched alkanes of at least 4 members (excludes halogenated alkanes) is 9. The summed E-state index contributed by atoms with van der Waals surface area (Å²) >= 11 is 0. The molecule has 0 aromatic carbocycles. The first-order chi connectivity index (χ1) is 14.4. The molecule has 30 heavy (non-hydrogen) atoms. The second kappa shape index (κ2) is 28.0. The van der Waals surface area contributed by atoms with Crippen LogP contribution in [-0.4, -0.2) is 75.7 Å². The van der Waals surface area contributed by atoms with Gasteiger partial charge in [0.2, 0.25) is 0 Å². The van der Waals surface area contributed by atoms with Gasteiger partial charge in [-0.1, -0.05) is 57.6 Å². The van der Waals surface area contributed by atoms with E-state index < -0.39 is 37.8 Å². The predicted octanol–water partition coefficient (Wildman–Crippen LogP) is 1.78. The van der Waals surface area contributed by atoms with Gasteiger partial charge >= 0.3 is 13.7 Å². The van der Waals surface area contributed by atoms with Crippen LogP contribution in [0.15, 0.2) is 12.2 Å². The van der Waals surface area contributed by atoms with Crippen LogP contribution >= 0.6 is 0 Å². The van der Waals surface area contributed by atoms with Gasteiger partial charge in [0.1, 0.15) is 0 Å². The summed E-state index contributed by atoms with van der Waals surface area (Å²) in [7, 11) is 0. The van der Waals surface area contributed by atoms with Crippen molar-refractivity contribution in [2.75, 3.05) is 26.4 Å². The van der Waals surface area contributed by atoms with E-state index in [1.807, 2.05) is 0 Å². The lowest BCUT2D eigenvalue weighted by atomic mass is 9.93. The molecule has 0 atom stereocenters. The molecule has 0 amide bonds. The normalized spacial score (nSPS) is 10.8. The minimum atomic E-state index is -1.11. The van der Waals surface area contributed by atoms with Crippen LogP contribution in [0.3, 0.4) is 0 Å². The third-order valence-electron chi connectivity index (χ3n) is 4.49. The first-order valence-corrected chi connectivity index (χ1v) is 10.8. The molecule has 0 aromatic heterocycles. The van der Waals surface area contributed by atoms with Crippen molar-refractivity contribution in [3.8, 4) is 0 Å². The first kappa shape index (κ1) is 33.7. The fourth-order valence-electron chi connectivity index (χ4n) is 2.29. The molecular weight excluding hydrogens is 391 g/mol. The van der Waals surface area contributed by atoms with Crippen molar-refractivity contribution in [1.29, 1.82) is 0 Å². The number of carboxylic acids is 1. The zero-order valence-corrected chi connectivity index (χ0v) is 18.6. The van der Waals surface area contributed by atoms with Gasteiger partial charge < -0.3 is 35.6 Å². The zero-order valence-electron chi connectivity index (χ0n) is 18.6. The molecule has 0 saturated carbocycles. The standard InChI is InChI=1S/C16H30O2.C5H12O4.BH2O2/c1-2-3-4-5-6-7-8-9-10-11-12-13-14-15-16(17)18;6-1-5(2-7,3-8)4-9;2-1-3/h7-8H,2-6,9-15H2,1H3,(H,17,18);6-9H,1-4H2;2-3H/b8-7-;;. The van der Waals surface area contributed by atoms with Crippen LogP contribution in [0.4, 0.5) is 0 Å². The Hall–Kier alpha value is -0.965. The number of aliphatic hydroxyl groups is 4. The van der Waals surface area contributed by atoms with E-state index >= 15 is 0 Å². The predicted molar refractivity (Wildman–Crippen MR) is 119 cm³/mol. The molecule has 179 valence electrons. The molecule has 0 unspecified atom stereocenters.